The minimum atomic E-state index is -0.534. The van der Waals surface area contributed by atoms with Gasteiger partial charge in [-0.15, -0.1) is 0 Å². The number of carbonyl (C=O) groups is 2. The fourth-order valence-electron chi connectivity index (χ4n) is 2.23. The maximum absolute atomic E-state index is 12.4. The van der Waals surface area contributed by atoms with Gasteiger partial charge in [-0.3, -0.25) is 9.59 Å². The first-order valence-corrected chi connectivity index (χ1v) is 8.70. The van der Waals surface area contributed by atoms with Crippen molar-refractivity contribution >= 4 is 11.8 Å². The summed E-state index contributed by atoms with van der Waals surface area (Å²) in [6.45, 7) is 9.10. The molecule has 24 heavy (non-hydrogen) atoms. The van der Waals surface area contributed by atoms with Crippen molar-refractivity contribution in [3.63, 3.8) is 0 Å². The third-order valence-electron chi connectivity index (χ3n) is 3.89. The molecule has 5 nitrogen and oxygen atoms in total. The average molecular weight is 334 g/mol. The average Bonchev–Trinajstić information content (AvgIpc) is 2.58. The zero-order valence-electron chi connectivity index (χ0n) is 15.2. The topological polar surface area (TPSA) is 67.4 Å². The quantitative estimate of drug-likeness (QED) is 0.647. The molecule has 0 aliphatic carbocycles. The standard InChI is InChI=1S/C19H30N2O3/c1-5-15(4)17(19(23)20-12-9-13-24-14(2)3)21-18(22)16-10-7-6-8-11-16/h6-8,10-11,14-15,17H,5,9,12-13H2,1-4H3,(H,20,23)(H,21,22). The Morgan fingerprint density at radius 1 is 1.12 bits per heavy atom. The van der Waals surface area contributed by atoms with Crippen molar-refractivity contribution in [2.75, 3.05) is 13.2 Å². The van der Waals surface area contributed by atoms with Crippen molar-refractivity contribution in [1.82, 2.24) is 10.6 Å². The molecule has 2 N–H and O–H groups in total. The summed E-state index contributed by atoms with van der Waals surface area (Å²) in [6.07, 6.45) is 1.76. The largest absolute Gasteiger partial charge is 0.379 e. The van der Waals surface area contributed by atoms with Gasteiger partial charge in [0.2, 0.25) is 5.91 Å². The summed E-state index contributed by atoms with van der Waals surface area (Å²) in [5.74, 6) is -0.304. The summed E-state index contributed by atoms with van der Waals surface area (Å²) in [4.78, 5) is 24.8. The second-order valence-corrected chi connectivity index (χ2v) is 6.27. The Morgan fingerprint density at radius 2 is 1.79 bits per heavy atom. The number of ether oxygens (including phenoxy) is 1. The Morgan fingerprint density at radius 3 is 2.38 bits per heavy atom. The third kappa shape index (κ3) is 7.13. The van der Waals surface area contributed by atoms with Crippen LogP contribution in [0.4, 0.5) is 0 Å². The van der Waals surface area contributed by atoms with E-state index in [9.17, 15) is 9.59 Å². The molecule has 0 heterocycles. The highest BCUT2D eigenvalue weighted by Gasteiger charge is 2.25. The van der Waals surface area contributed by atoms with E-state index < -0.39 is 6.04 Å². The van der Waals surface area contributed by atoms with Crippen LogP contribution in [0.25, 0.3) is 0 Å². The lowest BCUT2D eigenvalue weighted by Gasteiger charge is -2.23. The summed E-state index contributed by atoms with van der Waals surface area (Å²) in [5, 5.41) is 5.76. The van der Waals surface area contributed by atoms with Gasteiger partial charge >= 0.3 is 0 Å². The lowest BCUT2D eigenvalue weighted by Crippen LogP contribution is -2.50. The SMILES string of the molecule is CCC(C)C(NC(=O)c1ccccc1)C(=O)NCCCOC(C)C. The number of hydrogen-bond donors (Lipinski definition) is 2. The van der Waals surface area contributed by atoms with Gasteiger partial charge in [0, 0.05) is 18.7 Å². The van der Waals surface area contributed by atoms with Crippen molar-refractivity contribution in [1.29, 1.82) is 0 Å². The molecule has 1 aromatic carbocycles. The molecule has 0 aromatic heterocycles. The minimum absolute atomic E-state index is 0.0598. The third-order valence-corrected chi connectivity index (χ3v) is 3.89. The van der Waals surface area contributed by atoms with E-state index in [-0.39, 0.29) is 23.8 Å². The number of nitrogens with one attached hydrogen (secondary N) is 2. The monoisotopic (exact) mass is 334 g/mol. The van der Waals surface area contributed by atoms with Crippen molar-refractivity contribution < 1.29 is 14.3 Å². The Hall–Kier alpha value is -1.88. The van der Waals surface area contributed by atoms with Gasteiger partial charge in [0.15, 0.2) is 0 Å². The Kier molecular flexibility index (Phi) is 9.08. The number of benzene rings is 1. The van der Waals surface area contributed by atoms with E-state index in [0.29, 0.717) is 18.7 Å². The molecule has 0 radical (unpaired) electrons. The van der Waals surface area contributed by atoms with Gasteiger partial charge in [-0.25, -0.2) is 0 Å². The first-order valence-electron chi connectivity index (χ1n) is 8.70. The predicted molar refractivity (Wildman–Crippen MR) is 95.9 cm³/mol. The van der Waals surface area contributed by atoms with E-state index in [1.165, 1.54) is 0 Å². The van der Waals surface area contributed by atoms with Crippen molar-refractivity contribution in [2.24, 2.45) is 5.92 Å². The van der Waals surface area contributed by atoms with Crippen LogP contribution in [0.1, 0.15) is 50.9 Å². The van der Waals surface area contributed by atoms with Gasteiger partial charge in [0.1, 0.15) is 6.04 Å². The first-order chi connectivity index (χ1) is 11.5. The van der Waals surface area contributed by atoms with Crippen LogP contribution in [-0.4, -0.2) is 37.1 Å². The smallest absolute Gasteiger partial charge is 0.251 e. The molecule has 0 saturated carbocycles. The lowest BCUT2D eigenvalue weighted by atomic mass is 9.98. The summed E-state index contributed by atoms with van der Waals surface area (Å²) in [6, 6.07) is 8.42. The Labute approximate surface area is 145 Å². The van der Waals surface area contributed by atoms with Gasteiger partial charge in [0.05, 0.1) is 6.10 Å². The van der Waals surface area contributed by atoms with Gasteiger partial charge in [-0.05, 0) is 38.3 Å². The fraction of sp³-hybridized carbons (Fsp3) is 0.579. The predicted octanol–water partition coefficient (Wildman–Crippen LogP) is 2.76. The van der Waals surface area contributed by atoms with Crippen LogP contribution < -0.4 is 10.6 Å². The minimum Gasteiger partial charge on any atom is -0.379 e. The van der Waals surface area contributed by atoms with Crippen molar-refractivity contribution in [3.05, 3.63) is 35.9 Å². The van der Waals surface area contributed by atoms with Crippen LogP contribution in [0.2, 0.25) is 0 Å². The molecule has 2 atom stereocenters. The highest BCUT2D eigenvalue weighted by Crippen LogP contribution is 2.09. The number of hydrogen-bond acceptors (Lipinski definition) is 3. The Balaban J connectivity index is 2.55. The van der Waals surface area contributed by atoms with E-state index in [1.807, 2.05) is 45.9 Å². The second kappa shape index (κ2) is 10.8. The van der Waals surface area contributed by atoms with Crippen LogP contribution in [-0.2, 0) is 9.53 Å². The van der Waals surface area contributed by atoms with Crippen molar-refractivity contribution in [2.45, 2.75) is 52.7 Å². The molecule has 0 saturated heterocycles. The highest BCUT2D eigenvalue weighted by atomic mass is 16.5. The highest BCUT2D eigenvalue weighted by molar-refractivity contribution is 5.97. The molecular formula is C19H30N2O3. The van der Waals surface area contributed by atoms with Gasteiger partial charge < -0.3 is 15.4 Å². The second-order valence-electron chi connectivity index (χ2n) is 6.27. The van der Waals surface area contributed by atoms with Crippen LogP contribution in [0.5, 0.6) is 0 Å². The van der Waals surface area contributed by atoms with Gasteiger partial charge in [0.25, 0.3) is 5.91 Å². The number of amides is 2. The van der Waals surface area contributed by atoms with Gasteiger partial charge in [-0.2, -0.15) is 0 Å². The van der Waals surface area contributed by atoms with Crippen LogP contribution >= 0.6 is 0 Å². The molecule has 1 rings (SSSR count). The zero-order chi connectivity index (χ0) is 17.9. The number of rotatable bonds is 10. The van der Waals surface area contributed by atoms with Crippen molar-refractivity contribution in [3.8, 4) is 0 Å². The molecule has 0 fully saturated rings. The molecule has 5 heteroatoms. The van der Waals surface area contributed by atoms with Crippen LogP contribution in [0.15, 0.2) is 30.3 Å². The van der Waals surface area contributed by atoms with E-state index in [4.69, 9.17) is 4.74 Å². The van der Waals surface area contributed by atoms with E-state index >= 15 is 0 Å². The zero-order valence-corrected chi connectivity index (χ0v) is 15.2. The first kappa shape index (κ1) is 20.2. The summed E-state index contributed by atoms with van der Waals surface area (Å²) < 4.78 is 5.45. The molecule has 134 valence electrons. The molecule has 1 aromatic rings. The molecule has 0 spiro atoms. The van der Waals surface area contributed by atoms with Crippen LogP contribution in [0.3, 0.4) is 0 Å². The van der Waals surface area contributed by atoms with E-state index in [1.54, 1.807) is 12.1 Å². The molecule has 0 bridgehead atoms. The Bertz CT molecular complexity index is 503. The van der Waals surface area contributed by atoms with E-state index in [0.717, 1.165) is 12.8 Å². The van der Waals surface area contributed by atoms with Gasteiger partial charge in [-0.1, -0.05) is 38.5 Å². The van der Waals surface area contributed by atoms with Crippen LogP contribution in [0, 0.1) is 5.92 Å². The summed E-state index contributed by atoms with van der Waals surface area (Å²) in [5.41, 5.74) is 0.559. The normalized spacial score (nSPS) is 13.4. The molecular weight excluding hydrogens is 304 g/mol. The maximum atomic E-state index is 12.4. The molecule has 2 amide bonds. The fourth-order valence-corrected chi connectivity index (χ4v) is 2.23. The number of carbonyl (C=O) groups excluding carboxylic acids is 2. The lowest BCUT2D eigenvalue weighted by molar-refractivity contribution is -0.124. The summed E-state index contributed by atoms with van der Waals surface area (Å²) >= 11 is 0. The molecule has 0 aliphatic heterocycles. The maximum Gasteiger partial charge on any atom is 0.251 e. The molecule has 0 aliphatic rings. The van der Waals surface area contributed by atoms with E-state index in [2.05, 4.69) is 10.6 Å². The molecule has 2 unspecified atom stereocenters. The summed E-state index contributed by atoms with van der Waals surface area (Å²) in [7, 11) is 0.